The van der Waals surface area contributed by atoms with E-state index >= 15 is 0 Å². The zero-order valence-electron chi connectivity index (χ0n) is 9.08. The number of furan rings is 1. The fourth-order valence-corrected chi connectivity index (χ4v) is 0.514. The fourth-order valence-electron chi connectivity index (χ4n) is 0.514. The van der Waals surface area contributed by atoms with E-state index < -0.39 is 0 Å². The molecule has 13 heavy (non-hydrogen) atoms. The van der Waals surface area contributed by atoms with E-state index in [0.29, 0.717) is 0 Å². The van der Waals surface area contributed by atoms with Crippen LogP contribution in [0.5, 0.6) is 0 Å². The topological polar surface area (TPSA) is 13.1 Å². The zero-order chi connectivity index (χ0) is 10.7. The summed E-state index contributed by atoms with van der Waals surface area (Å²) in [6, 6.07) is 3.87. The van der Waals surface area contributed by atoms with Gasteiger partial charge in [-0.2, -0.15) is 0 Å². The lowest BCUT2D eigenvalue weighted by atomic mass is 10.3. The maximum Gasteiger partial charge on any atom is 0.103 e. The number of hydrogen-bond acceptors (Lipinski definition) is 1. The zero-order valence-corrected chi connectivity index (χ0v) is 9.08. The molecule has 1 heterocycles. The minimum Gasteiger partial charge on any atom is -0.469 e. The van der Waals surface area contributed by atoms with E-state index in [4.69, 9.17) is 4.42 Å². The molecule has 0 bridgehead atoms. The minimum absolute atomic E-state index is 0.833. The second-order valence-electron chi connectivity index (χ2n) is 3.16. The van der Waals surface area contributed by atoms with Crippen molar-refractivity contribution in [2.75, 3.05) is 0 Å². The first-order chi connectivity index (χ1) is 6.16. The molecule has 0 aliphatic carbocycles. The molecule has 0 N–H and O–H groups in total. The maximum absolute atomic E-state index is 4.98. The largest absolute Gasteiger partial charge is 0.469 e. The molecule has 1 nitrogen and oxygen atoms in total. The summed E-state index contributed by atoms with van der Waals surface area (Å²) in [5, 5.41) is 0. The van der Waals surface area contributed by atoms with Crippen molar-refractivity contribution in [3.05, 3.63) is 24.2 Å². The lowest BCUT2D eigenvalue weighted by Gasteiger charge is -1.79. The lowest BCUT2D eigenvalue weighted by Crippen LogP contribution is -1.66. The number of aryl methyl sites for hydroxylation is 1. The summed E-state index contributed by atoms with van der Waals surface area (Å²) in [6.07, 6.45) is 10.7. The maximum atomic E-state index is 4.98. The molecule has 0 amide bonds. The Hall–Kier alpha value is -1.16. The quantitative estimate of drug-likeness (QED) is 0.600. The molecule has 1 aromatic heterocycles. The van der Waals surface area contributed by atoms with Gasteiger partial charge in [-0.05, 0) is 18.1 Å². The highest BCUT2D eigenvalue weighted by Crippen LogP contribution is 1.98. The summed E-state index contributed by atoms with van der Waals surface area (Å²) < 4.78 is 4.98. The van der Waals surface area contributed by atoms with Crippen LogP contribution < -0.4 is 0 Å². The molecule has 0 fully saturated rings. The van der Waals surface area contributed by atoms with E-state index in [2.05, 4.69) is 40.5 Å². The van der Waals surface area contributed by atoms with Crippen molar-refractivity contribution in [1.29, 1.82) is 0 Å². The monoisotopic (exact) mass is 180 g/mol. The average Bonchev–Trinajstić information content (AvgIpc) is 2.58. The molecule has 0 aliphatic rings. The first-order valence-electron chi connectivity index (χ1n) is 4.52. The third kappa shape index (κ3) is 13.8. The van der Waals surface area contributed by atoms with E-state index in [1.165, 1.54) is 0 Å². The SMILES string of the molecule is C#C.CC(C)C.CCc1ccco1. The Kier molecular flexibility index (Phi) is 12.0. The van der Waals surface area contributed by atoms with E-state index in [-0.39, 0.29) is 0 Å². The molecule has 1 aromatic rings. The normalized spacial score (nSPS) is 7.92. The van der Waals surface area contributed by atoms with Gasteiger partial charge in [0.2, 0.25) is 0 Å². The van der Waals surface area contributed by atoms with Gasteiger partial charge in [-0.3, -0.25) is 0 Å². The van der Waals surface area contributed by atoms with Gasteiger partial charge >= 0.3 is 0 Å². The van der Waals surface area contributed by atoms with Crippen LogP contribution in [0.3, 0.4) is 0 Å². The molecule has 0 saturated heterocycles. The molecule has 1 rings (SSSR count). The van der Waals surface area contributed by atoms with Crippen LogP contribution >= 0.6 is 0 Å². The van der Waals surface area contributed by atoms with Crippen LogP contribution in [0.4, 0.5) is 0 Å². The second-order valence-corrected chi connectivity index (χ2v) is 3.16. The van der Waals surface area contributed by atoms with Crippen LogP contribution in [0.15, 0.2) is 22.8 Å². The summed E-state index contributed by atoms with van der Waals surface area (Å²) in [4.78, 5) is 0. The molecule has 0 aliphatic heterocycles. The third-order valence-corrected chi connectivity index (χ3v) is 0.929. The van der Waals surface area contributed by atoms with Gasteiger partial charge in [0.1, 0.15) is 5.76 Å². The van der Waals surface area contributed by atoms with Gasteiger partial charge < -0.3 is 4.42 Å². The van der Waals surface area contributed by atoms with Gasteiger partial charge in [-0.15, -0.1) is 12.8 Å². The first-order valence-corrected chi connectivity index (χ1v) is 4.52. The molecule has 74 valence electrons. The van der Waals surface area contributed by atoms with E-state index in [1.54, 1.807) is 6.26 Å². The molecule has 0 radical (unpaired) electrons. The minimum atomic E-state index is 0.833. The molecule has 0 atom stereocenters. The average molecular weight is 180 g/mol. The summed E-state index contributed by atoms with van der Waals surface area (Å²) in [5.74, 6) is 1.89. The third-order valence-electron chi connectivity index (χ3n) is 0.929. The highest BCUT2D eigenvalue weighted by atomic mass is 16.3. The molecular weight excluding hydrogens is 160 g/mol. The van der Waals surface area contributed by atoms with Crippen LogP contribution in [0.2, 0.25) is 0 Å². The molecule has 1 heteroatoms. The van der Waals surface area contributed by atoms with Crippen molar-refractivity contribution < 1.29 is 4.42 Å². The van der Waals surface area contributed by atoms with Crippen molar-refractivity contribution in [2.24, 2.45) is 5.92 Å². The smallest absolute Gasteiger partial charge is 0.103 e. The summed E-state index contributed by atoms with van der Waals surface area (Å²) in [6.45, 7) is 8.57. The van der Waals surface area contributed by atoms with Gasteiger partial charge in [0.05, 0.1) is 6.26 Å². The van der Waals surface area contributed by atoms with Crippen molar-refractivity contribution in [3.8, 4) is 12.8 Å². The fraction of sp³-hybridized carbons (Fsp3) is 0.500. The molecular formula is C12H20O. The summed E-state index contributed by atoms with van der Waals surface area (Å²) >= 11 is 0. The van der Waals surface area contributed by atoms with Crippen LogP contribution in [-0.2, 0) is 6.42 Å². The Labute approximate surface area is 82.2 Å². The Morgan fingerprint density at radius 1 is 1.31 bits per heavy atom. The van der Waals surface area contributed by atoms with E-state index in [9.17, 15) is 0 Å². The number of rotatable bonds is 1. The Balaban J connectivity index is 0. The Morgan fingerprint density at radius 3 is 1.92 bits per heavy atom. The first kappa shape index (κ1) is 14.4. The van der Waals surface area contributed by atoms with Crippen molar-refractivity contribution in [2.45, 2.75) is 34.1 Å². The predicted octanol–water partition coefficient (Wildman–Crippen LogP) is 3.75. The van der Waals surface area contributed by atoms with Gasteiger partial charge in [0.25, 0.3) is 0 Å². The summed E-state index contributed by atoms with van der Waals surface area (Å²) in [7, 11) is 0. The molecule has 0 spiro atoms. The van der Waals surface area contributed by atoms with Crippen molar-refractivity contribution in [1.82, 2.24) is 0 Å². The van der Waals surface area contributed by atoms with E-state index in [0.717, 1.165) is 18.1 Å². The summed E-state index contributed by atoms with van der Waals surface area (Å²) in [5.41, 5.74) is 0. The van der Waals surface area contributed by atoms with Crippen LogP contribution in [0, 0.1) is 18.8 Å². The van der Waals surface area contributed by atoms with Crippen LogP contribution in [0.1, 0.15) is 33.5 Å². The Morgan fingerprint density at radius 2 is 1.77 bits per heavy atom. The number of terminal acetylenes is 1. The van der Waals surface area contributed by atoms with E-state index in [1.807, 2.05) is 12.1 Å². The van der Waals surface area contributed by atoms with Crippen molar-refractivity contribution in [3.63, 3.8) is 0 Å². The van der Waals surface area contributed by atoms with Gasteiger partial charge in [0.15, 0.2) is 0 Å². The molecule has 0 unspecified atom stereocenters. The van der Waals surface area contributed by atoms with Crippen LogP contribution in [0.25, 0.3) is 0 Å². The van der Waals surface area contributed by atoms with Crippen LogP contribution in [-0.4, -0.2) is 0 Å². The lowest BCUT2D eigenvalue weighted by molar-refractivity contribution is 0.516. The van der Waals surface area contributed by atoms with Gasteiger partial charge in [-0.25, -0.2) is 0 Å². The Bertz CT molecular complexity index is 179. The van der Waals surface area contributed by atoms with Crippen molar-refractivity contribution >= 4 is 0 Å². The molecule has 0 saturated carbocycles. The number of hydrogen-bond donors (Lipinski definition) is 0. The second kappa shape index (κ2) is 10.8. The van der Waals surface area contributed by atoms with Gasteiger partial charge in [0, 0.05) is 6.42 Å². The standard InChI is InChI=1S/C6H8O.C4H10.C2H2/c1-2-6-4-3-5-7-6;1-4(2)3;1-2/h3-5H,2H2,1H3;4H,1-3H3;1-2H. The highest BCUT2D eigenvalue weighted by molar-refractivity contribution is 4.96. The predicted molar refractivity (Wildman–Crippen MR) is 58.5 cm³/mol. The van der Waals surface area contributed by atoms with Gasteiger partial charge in [-0.1, -0.05) is 27.7 Å². The molecule has 0 aromatic carbocycles. The highest BCUT2D eigenvalue weighted by Gasteiger charge is 1.84.